The molecule has 6 nitrogen and oxygen atoms in total. The van der Waals surface area contributed by atoms with Gasteiger partial charge in [-0.25, -0.2) is 0 Å². The van der Waals surface area contributed by atoms with E-state index in [1.807, 2.05) is 0 Å². The first kappa shape index (κ1) is 11.5. The third kappa shape index (κ3) is 1.94. The van der Waals surface area contributed by atoms with Crippen molar-refractivity contribution in [1.29, 1.82) is 0 Å². The third-order valence-corrected chi connectivity index (χ3v) is 2.22. The first-order valence-electron chi connectivity index (χ1n) is 4.16. The van der Waals surface area contributed by atoms with Crippen LogP contribution in [0, 0.1) is 10.1 Å². The van der Waals surface area contributed by atoms with Crippen LogP contribution in [0.25, 0.3) is 10.7 Å². The summed E-state index contributed by atoms with van der Waals surface area (Å²) in [6.07, 6.45) is 0. The Kier molecular flexibility index (Phi) is 2.99. The van der Waals surface area contributed by atoms with Gasteiger partial charge in [-0.2, -0.15) is 5.10 Å². The number of aromatic nitrogens is 2. The SMILES string of the molecule is C/C(Cl)=c1/c(N)nn(C)/c1=C(/C)[N+](=O)[O-]. The summed E-state index contributed by atoms with van der Waals surface area (Å²) in [4.78, 5) is 10.2. The maximum absolute atomic E-state index is 10.7. The molecule has 7 heteroatoms. The monoisotopic (exact) mass is 230 g/mol. The van der Waals surface area contributed by atoms with Gasteiger partial charge < -0.3 is 5.73 Å². The van der Waals surface area contributed by atoms with Gasteiger partial charge in [-0.3, -0.25) is 14.8 Å². The second kappa shape index (κ2) is 3.90. The Hall–Kier alpha value is -1.56. The molecule has 0 saturated heterocycles. The molecule has 15 heavy (non-hydrogen) atoms. The van der Waals surface area contributed by atoms with Crippen LogP contribution < -0.4 is 16.3 Å². The molecule has 0 atom stereocenters. The summed E-state index contributed by atoms with van der Waals surface area (Å²) in [5, 5.41) is 15.7. The van der Waals surface area contributed by atoms with Crippen molar-refractivity contribution < 1.29 is 4.92 Å². The standard InChI is InChI=1S/C8H11ClN4O2/c1-4(9)6-7(5(2)13(14)15)12(3)11-8(6)10/h1-3H3,(H2,10,11)/b6-4-,7-5-. The van der Waals surface area contributed by atoms with Crippen molar-refractivity contribution in [2.45, 2.75) is 13.8 Å². The van der Waals surface area contributed by atoms with Crippen LogP contribution in [0.2, 0.25) is 0 Å². The van der Waals surface area contributed by atoms with Gasteiger partial charge >= 0.3 is 0 Å². The molecule has 0 radical (unpaired) electrons. The number of nitrogens with two attached hydrogens (primary N) is 1. The van der Waals surface area contributed by atoms with E-state index in [4.69, 9.17) is 17.3 Å². The molecule has 1 aromatic heterocycles. The Labute approximate surface area is 90.8 Å². The number of nitro groups is 1. The number of rotatable bonds is 1. The van der Waals surface area contributed by atoms with Gasteiger partial charge in [0.25, 0.3) is 5.70 Å². The minimum Gasteiger partial charge on any atom is -0.382 e. The van der Waals surface area contributed by atoms with Crippen molar-refractivity contribution in [2.24, 2.45) is 7.05 Å². The average molecular weight is 231 g/mol. The van der Waals surface area contributed by atoms with Gasteiger partial charge in [0.15, 0.2) is 5.82 Å². The van der Waals surface area contributed by atoms with E-state index in [-0.39, 0.29) is 11.5 Å². The van der Waals surface area contributed by atoms with Crippen molar-refractivity contribution >= 4 is 28.1 Å². The lowest BCUT2D eigenvalue weighted by Crippen LogP contribution is -2.33. The number of nitrogen functional groups attached to an aromatic ring is 1. The summed E-state index contributed by atoms with van der Waals surface area (Å²) in [6.45, 7) is 3.01. The Bertz CT molecular complexity index is 528. The van der Waals surface area contributed by atoms with Crippen LogP contribution >= 0.6 is 11.6 Å². The third-order valence-electron chi connectivity index (χ3n) is 2.04. The number of hydrogen-bond donors (Lipinski definition) is 1. The van der Waals surface area contributed by atoms with Crippen molar-refractivity contribution in [1.82, 2.24) is 9.78 Å². The number of hydrogen-bond acceptors (Lipinski definition) is 4. The summed E-state index contributed by atoms with van der Waals surface area (Å²) in [5.74, 6) is 0.196. The highest BCUT2D eigenvalue weighted by Crippen LogP contribution is 1.98. The number of nitrogens with zero attached hydrogens (tertiary/aromatic N) is 3. The van der Waals surface area contributed by atoms with E-state index in [9.17, 15) is 10.1 Å². The minimum atomic E-state index is -0.486. The Balaban J connectivity index is 3.95. The van der Waals surface area contributed by atoms with Gasteiger partial charge in [-0.15, -0.1) is 0 Å². The fraction of sp³-hybridized carbons (Fsp3) is 0.375. The zero-order valence-electron chi connectivity index (χ0n) is 8.61. The molecule has 0 fully saturated rings. The molecule has 0 aliphatic rings. The van der Waals surface area contributed by atoms with Gasteiger partial charge in [-0.1, -0.05) is 11.6 Å². The molecule has 0 bridgehead atoms. The Morgan fingerprint density at radius 1 is 1.60 bits per heavy atom. The fourth-order valence-electron chi connectivity index (χ4n) is 1.39. The van der Waals surface area contributed by atoms with Gasteiger partial charge in [0, 0.05) is 19.0 Å². The highest BCUT2D eigenvalue weighted by atomic mass is 35.5. The molecule has 82 valence electrons. The molecule has 2 N–H and O–H groups in total. The van der Waals surface area contributed by atoms with Gasteiger partial charge in [0.05, 0.1) is 10.1 Å². The first-order valence-corrected chi connectivity index (χ1v) is 4.54. The molecule has 0 aliphatic heterocycles. The van der Waals surface area contributed by atoms with Crippen LogP contribution in [0.15, 0.2) is 0 Å². The van der Waals surface area contributed by atoms with Crippen LogP contribution in [0.4, 0.5) is 5.82 Å². The highest BCUT2D eigenvalue weighted by molar-refractivity contribution is 6.44. The molecular weight excluding hydrogens is 220 g/mol. The van der Waals surface area contributed by atoms with Crippen LogP contribution in [-0.2, 0) is 7.05 Å². The lowest BCUT2D eigenvalue weighted by Gasteiger charge is -1.91. The van der Waals surface area contributed by atoms with E-state index >= 15 is 0 Å². The van der Waals surface area contributed by atoms with E-state index in [2.05, 4.69) is 5.10 Å². The Morgan fingerprint density at radius 2 is 2.13 bits per heavy atom. The van der Waals surface area contributed by atoms with Gasteiger partial charge in [-0.05, 0) is 6.92 Å². The Morgan fingerprint density at radius 3 is 2.53 bits per heavy atom. The zero-order valence-corrected chi connectivity index (χ0v) is 9.37. The van der Waals surface area contributed by atoms with Crippen molar-refractivity contribution in [3.63, 3.8) is 0 Å². The van der Waals surface area contributed by atoms with E-state index in [0.717, 1.165) is 0 Å². The van der Waals surface area contributed by atoms with Gasteiger partial charge in [0.1, 0.15) is 5.35 Å². The predicted octanol–water partition coefficient (Wildman–Crippen LogP) is -0.226. The van der Waals surface area contributed by atoms with E-state index < -0.39 is 4.92 Å². The molecule has 0 amide bonds. The number of halogens is 1. The normalized spacial score (nSPS) is 14.9. The van der Waals surface area contributed by atoms with Gasteiger partial charge in [0.2, 0.25) is 0 Å². The predicted molar refractivity (Wildman–Crippen MR) is 57.9 cm³/mol. The smallest absolute Gasteiger partial charge is 0.268 e. The molecular formula is C8H11ClN4O2. The van der Waals surface area contributed by atoms with Crippen molar-refractivity contribution in [2.75, 3.05) is 5.73 Å². The van der Waals surface area contributed by atoms with Crippen molar-refractivity contribution in [3.8, 4) is 0 Å². The maximum Gasteiger partial charge on any atom is 0.268 e. The lowest BCUT2D eigenvalue weighted by molar-refractivity contribution is -0.379. The average Bonchev–Trinajstić information content (AvgIpc) is 2.39. The minimum absolute atomic E-state index is 0.0308. The lowest BCUT2D eigenvalue weighted by atomic mass is 10.3. The summed E-state index contributed by atoms with van der Waals surface area (Å²) < 4.78 is 1.36. The number of anilines is 1. The van der Waals surface area contributed by atoms with E-state index in [1.165, 1.54) is 11.6 Å². The fourth-order valence-corrected chi connectivity index (χ4v) is 1.57. The second-order valence-corrected chi connectivity index (χ2v) is 3.68. The highest BCUT2D eigenvalue weighted by Gasteiger charge is 2.12. The van der Waals surface area contributed by atoms with Crippen LogP contribution in [-0.4, -0.2) is 14.7 Å². The second-order valence-electron chi connectivity index (χ2n) is 3.11. The molecule has 1 heterocycles. The number of aryl methyl sites for hydroxylation is 1. The molecule has 0 unspecified atom stereocenters. The molecule has 0 spiro atoms. The summed E-state index contributed by atoms with van der Waals surface area (Å²) in [7, 11) is 1.59. The van der Waals surface area contributed by atoms with E-state index in [0.29, 0.717) is 15.6 Å². The zero-order chi connectivity index (χ0) is 11.7. The largest absolute Gasteiger partial charge is 0.382 e. The van der Waals surface area contributed by atoms with Crippen LogP contribution in [0.5, 0.6) is 0 Å². The molecule has 0 saturated carbocycles. The van der Waals surface area contributed by atoms with E-state index in [1.54, 1.807) is 14.0 Å². The molecule has 1 aromatic rings. The topological polar surface area (TPSA) is 87.0 Å². The van der Waals surface area contributed by atoms with Crippen molar-refractivity contribution in [3.05, 3.63) is 20.7 Å². The van der Waals surface area contributed by atoms with Crippen LogP contribution in [0.1, 0.15) is 13.8 Å². The summed E-state index contributed by atoms with van der Waals surface area (Å²) in [6, 6.07) is 0. The summed E-state index contributed by atoms with van der Waals surface area (Å²) in [5.41, 5.74) is 5.58. The quantitative estimate of drug-likeness (QED) is 0.534. The maximum atomic E-state index is 10.7. The first-order chi connectivity index (χ1) is 6.86. The molecule has 1 rings (SSSR count). The molecule has 0 aromatic carbocycles. The molecule has 0 aliphatic carbocycles. The van der Waals surface area contributed by atoms with Crippen LogP contribution in [0.3, 0.4) is 0 Å². The summed E-state index contributed by atoms with van der Waals surface area (Å²) >= 11 is 5.82.